The molecule has 0 unspecified atom stereocenters. The van der Waals surface area contributed by atoms with Crippen molar-refractivity contribution in [2.75, 3.05) is 0 Å². The summed E-state index contributed by atoms with van der Waals surface area (Å²) in [6.45, 7) is 0. The minimum atomic E-state index is 0.371. The molecule has 0 atom stereocenters. The van der Waals surface area contributed by atoms with Gasteiger partial charge in [-0.2, -0.15) is 11.3 Å². The molecule has 60 valence electrons. The van der Waals surface area contributed by atoms with Crippen molar-refractivity contribution in [1.29, 1.82) is 0 Å². The lowest BCUT2D eigenvalue weighted by Crippen LogP contribution is -1.80. The van der Waals surface area contributed by atoms with E-state index >= 15 is 0 Å². The fourth-order valence-corrected chi connectivity index (χ4v) is 1.62. The van der Waals surface area contributed by atoms with E-state index in [-0.39, 0.29) is 0 Å². The van der Waals surface area contributed by atoms with Crippen LogP contribution in [-0.4, -0.2) is 16.3 Å². The zero-order valence-electron chi connectivity index (χ0n) is 6.15. The van der Waals surface area contributed by atoms with Crippen molar-refractivity contribution in [3.05, 3.63) is 28.8 Å². The third-order valence-electron chi connectivity index (χ3n) is 1.54. The highest BCUT2D eigenvalue weighted by Gasteiger charge is 2.01. The minimum Gasteiger partial charge on any atom is -0.336 e. The van der Waals surface area contributed by atoms with Gasteiger partial charge in [0.25, 0.3) is 0 Å². The second-order valence-electron chi connectivity index (χ2n) is 2.31. The maximum Gasteiger partial charge on any atom is 0.185 e. The Morgan fingerprint density at radius 3 is 3.08 bits per heavy atom. The van der Waals surface area contributed by atoms with Crippen LogP contribution in [0, 0.1) is 0 Å². The van der Waals surface area contributed by atoms with E-state index in [1.165, 1.54) is 0 Å². The van der Waals surface area contributed by atoms with Gasteiger partial charge in [0.15, 0.2) is 12.1 Å². The molecule has 0 amide bonds. The Balaban J connectivity index is 2.41. The van der Waals surface area contributed by atoms with Gasteiger partial charge in [-0.05, 0) is 11.4 Å². The first-order valence-corrected chi connectivity index (χ1v) is 4.37. The topological polar surface area (TPSA) is 45.8 Å². The summed E-state index contributed by atoms with van der Waals surface area (Å²) in [6.07, 6.45) is 2.36. The highest BCUT2D eigenvalue weighted by atomic mass is 32.1. The zero-order chi connectivity index (χ0) is 8.39. The number of thiophene rings is 1. The Labute approximate surface area is 73.1 Å². The van der Waals surface area contributed by atoms with Crippen LogP contribution >= 0.6 is 11.3 Å². The van der Waals surface area contributed by atoms with Crippen LogP contribution in [-0.2, 0) is 0 Å². The lowest BCUT2D eigenvalue weighted by molar-refractivity contribution is 0.111. The molecule has 0 aliphatic heterocycles. The fraction of sp³-hybridized carbons (Fsp3) is 0. The molecule has 0 saturated heterocycles. The molecule has 0 aromatic carbocycles. The number of nitrogens with zero attached hydrogens (tertiary/aromatic N) is 1. The summed E-state index contributed by atoms with van der Waals surface area (Å²) >= 11 is 1.62. The Hall–Kier alpha value is -1.42. The van der Waals surface area contributed by atoms with Gasteiger partial charge in [0.1, 0.15) is 0 Å². The normalized spacial score (nSPS) is 10.0. The van der Waals surface area contributed by atoms with Gasteiger partial charge in [0.05, 0.1) is 11.9 Å². The number of hydrogen-bond acceptors (Lipinski definition) is 3. The number of imidazole rings is 1. The summed E-state index contributed by atoms with van der Waals surface area (Å²) in [6, 6.07) is 1.98. The zero-order valence-corrected chi connectivity index (χ0v) is 6.97. The van der Waals surface area contributed by atoms with E-state index in [1.807, 2.05) is 16.8 Å². The van der Waals surface area contributed by atoms with Crippen molar-refractivity contribution in [2.45, 2.75) is 0 Å². The summed E-state index contributed by atoms with van der Waals surface area (Å²) in [5, 5.41) is 3.98. The number of nitrogens with one attached hydrogen (secondary N) is 1. The van der Waals surface area contributed by atoms with Crippen LogP contribution in [0.15, 0.2) is 23.0 Å². The monoisotopic (exact) mass is 178 g/mol. The molecule has 12 heavy (non-hydrogen) atoms. The van der Waals surface area contributed by atoms with E-state index in [9.17, 15) is 4.79 Å². The number of hydrogen-bond donors (Lipinski definition) is 1. The largest absolute Gasteiger partial charge is 0.336 e. The predicted octanol–water partition coefficient (Wildman–Crippen LogP) is 1.95. The first-order chi connectivity index (χ1) is 5.90. The van der Waals surface area contributed by atoms with Gasteiger partial charge in [-0.25, -0.2) is 4.98 Å². The maximum absolute atomic E-state index is 10.3. The van der Waals surface area contributed by atoms with Crippen molar-refractivity contribution < 1.29 is 4.79 Å². The van der Waals surface area contributed by atoms with Gasteiger partial charge < -0.3 is 4.98 Å². The molecule has 2 aromatic rings. The summed E-state index contributed by atoms with van der Waals surface area (Å²) in [5.41, 5.74) is 1.96. The van der Waals surface area contributed by atoms with Crippen molar-refractivity contribution in [1.82, 2.24) is 9.97 Å². The van der Waals surface area contributed by atoms with E-state index in [0.29, 0.717) is 12.1 Å². The first-order valence-electron chi connectivity index (χ1n) is 3.43. The number of aromatic amines is 1. The second-order valence-corrected chi connectivity index (χ2v) is 3.09. The van der Waals surface area contributed by atoms with Crippen molar-refractivity contribution >= 4 is 17.6 Å². The van der Waals surface area contributed by atoms with Gasteiger partial charge in [0.2, 0.25) is 0 Å². The van der Waals surface area contributed by atoms with Crippen molar-refractivity contribution in [3.8, 4) is 11.3 Å². The van der Waals surface area contributed by atoms with E-state index in [0.717, 1.165) is 11.3 Å². The van der Waals surface area contributed by atoms with Crippen LogP contribution < -0.4 is 0 Å². The third kappa shape index (κ3) is 1.16. The van der Waals surface area contributed by atoms with Crippen LogP contribution in [0.4, 0.5) is 0 Å². The molecule has 1 N–H and O–H groups in total. The lowest BCUT2D eigenvalue weighted by Gasteiger charge is -1.86. The average Bonchev–Trinajstić information content (AvgIpc) is 2.75. The molecule has 3 nitrogen and oxygen atoms in total. The molecular weight excluding hydrogens is 172 g/mol. The number of H-pyrrole nitrogens is 1. The van der Waals surface area contributed by atoms with Crippen LogP contribution in [0.1, 0.15) is 10.6 Å². The van der Waals surface area contributed by atoms with Crippen LogP contribution in [0.5, 0.6) is 0 Å². The van der Waals surface area contributed by atoms with Gasteiger partial charge in [-0.1, -0.05) is 0 Å². The molecular formula is C8H6N2OS. The van der Waals surface area contributed by atoms with Crippen molar-refractivity contribution in [3.63, 3.8) is 0 Å². The molecule has 0 aliphatic carbocycles. The predicted molar refractivity (Wildman–Crippen MR) is 47.3 cm³/mol. The molecule has 0 saturated carbocycles. The quantitative estimate of drug-likeness (QED) is 0.714. The Morgan fingerprint density at radius 1 is 1.58 bits per heavy atom. The molecule has 0 aliphatic rings. The number of carbonyl (C=O) groups is 1. The van der Waals surface area contributed by atoms with Crippen LogP contribution in [0.3, 0.4) is 0 Å². The molecule has 0 fully saturated rings. The van der Waals surface area contributed by atoms with Gasteiger partial charge in [0, 0.05) is 10.9 Å². The number of carbonyl (C=O) groups excluding carboxylic acids is 1. The molecule has 2 heterocycles. The smallest absolute Gasteiger partial charge is 0.185 e. The Bertz CT molecular complexity index is 377. The van der Waals surface area contributed by atoms with E-state index in [1.54, 1.807) is 17.5 Å². The molecule has 0 bridgehead atoms. The summed E-state index contributed by atoms with van der Waals surface area (Å²) in [4.78, 5) is 17.1. The van der Waals surface area contributed by atoms with E-state index in [4.69, 9.17) is 0 Å². The van der Waals surface area contributed by atoms with E-state index < -0.39 is 0 Å². The van der Waals surface area contributed by atoms with Gasteiger partial charge in [-0.15, -0.1) is 0 Å². The third-order valence-corrected chi connectivity index (χ3v) is 2.22. The Morgan fingerprint density at radius 2 is 2.50 bits per heavy atom. The fourth-order valence-electron chi connectivity index (χ4n) is 0.961. The highest BCUT2D eigenvalue weighted by Crippen LogP contribution is 2.19. The second kappa shape index (κ2) is 2.91. The summed E-state index contributed by atoms with van der Waals surface area (Å²) < 4.78 is 0. The summed E-state index contributed by atoms with van der Waals surface area (Å²) in [5.74, 6) is 0.371. The number of rotatable bonds is 2. The standard InChI is InChI=1S/C8H6N2OS/c11-4-8-9-3-7(10-8)6-1-2-12-5-6/h1-5H,(H,9,10). The first kappa shape index (κ1) is 7.24. The molecule has 0 spiro atoms. The van der Waals surface area contributed by atoms with E-state index in [2.05, 4.69) is 9.97 Å². The Kier molecular flexibility index (Phi) is 1.75. The minimum absolute atomic E-state index is 0.371. The summed E-state index contributed by atoms with van der Waals surface area (Å²) in [7, 11) is 0. The molecule has 0 radical (unpaired) electrons. The van der Waals surface area contributed by atoms with Gasteiger partial charge >= 0.3 is 0 Å². The lowest BCUT2D eigenvalue weighted by atomic mass is 10.3. The van der Waals surface area contributed by atoms with Crippen LogP contribution in [0.2, 0.25) is 0 Å². The SMILES string of the molecule is O=Cc1ncc(-c2ccsc2)[nH]1. The molecule has 4 heteroatoms. The number of aldehydes is 1. The van der Waals surface area contributed by atoms with Crippen LogP contribution in [0.25, 0.3) is 11.3 Å². The maximum atomic E-state index is 10.3. The van der Waals surface area contributed by atoms with Gasteiger partial charge in [-0.3, -0.25) is 4.79 Å². The molecule has 2 rings (SSSR count). The van der Waals surface area contributed by atoms with Crippen molar-refractivity contribution in [2.24, 2.45) is 0 Å². The molecule has 2 aromatic heterocycles. The number of aromatic nitrogens is 2. The average molecular weight is 178 g/mol. The highest BCUT2D eigenvalue weighted by molar-refractivity contribution is 7.08.